The average molecular weight is 312 g/mol. The SMILES string of the molecule is Cc1cc(C)c2cc(CCC(=O)NC3CCCC3)c(=O)[nH]c2c1. The number of rotatable bonds is 4. The number of hydrogen-bond acceptors (Lipinski definition) is 2. The molecule has 23 heavy (non-hydrogen) atoms. The van der Waals surface area contributed by atoms with Gasteiger partial charge in [-0.1, -0.05) is 18.9 Å². The van der Waals surface area contributed by atoms with Gasteiger partial charge in [0.15, 0.2) is 0 Å². The van der Waals surface area contributed by atoms with Gasteiger partial charge in [0.05, 0.1) is 0 Å². The first-order valence-electron chi connectivity index (χ1n) is 8.45. The van der Waals surface area contributed by atoms with E-state index in [0.717, 1.165) is 34.9 Å². The largest absolute Gasteiger partial charge is 0.353 e. The van der Waals surface area contributed by atoms with E-state index in [1.54, 1.807) is 0 Å². The van der Waals surface area contributed by atoms with Crippen LogP contribution in [0.2, 0.25) is 0 Å². The molecule has 0 aliphatic heterocycles. The van der Waals surface area contributed by atoms with E-state index < -0.39 is 0 Å². The lowest BCUT2D eigenvalue weighted by molar-refractivity contribution is -0.121. The van der Waals surface area contributed by atoms with Crippen molar-refractivity contribution >= 4 is 16.8 Å². The maximum absolute atomic E-state index is 12.2. The predicted molar refractivity (Wildman–Crippen MR) is 92.8 cm³/mol. The summed E-state index contributed by atoms with van der Waals surface area (Å²) in [5.41, 5.74) is 3.75. The van der Waals surface area contributed by atoms with Crippen LogP contribution in [0.25, 0.3) is 10.9 Å². The van der Waals surface area contributed by atoms with Crippen LogP contribution < -0.4 is 10.9 Å². The molecule has 0 unspecified atom stereocenters. The minimum absolute atomic E-state index is 0.0528. The van der Waals surface area contributed by atoms with Crippen molar-refractivity contribution in [1.29, 1.82) is 0 Å². The van der Waals surface area contributed by atoms with Gasteiger partial charge in [0.2, 0.25) is 5.91 Å². The number of amides is 1. The number of aromatic nitrogens is 1. The van der Waals surface area contributed by atoms with Crippen LogP contribution in [0.5, 0.6) is 0 Å². The van der Waals surface area contributed by atoms with Gasteiger partial charge in [-0.2, -0.15) is 0 Å². The molecular formula is C19H24N2O2. The molecular weight excluding hydrogens is 288 g/mol. The fourth-order valence-corrected chi connectivity index (χ4v) is 3.52. The second-order valence-corrected chi connectivity index (χ2v) is 6.72. The summed E-state index contributed by atoms with van der Waals surface area (Å²) >= 11 is 0. The highest BCUT2D eigenvalue weighted by Gasteiger charge is 2.17. The van der Waals surface area contributed by atoms with Gasteiger partial charge in [-0.3, -0.25) is 9.59 Å². The summed E-state index contributed by atoms with van der Waals surface area (Å²) in [7, 11) is 0. The first-order valence-corrected chi connectivity index (χ1v) is 8.45. The van der Waals surface area contributed by atoms with Crippen LogP contribution in [-0.4, -0.2) is 16.9 Å². The number of hydrogen-bond donors (Lipinski definition) is 2. The third-order valence-corrected chi connectivity index (χ3v) is 4.73. The average Bonchev–Trinajstić information content (AvgIpc) is 2.98. The lowest BCUT2D eigenvalue weighted by atomic mass is 10.0. The van der Waals surface area contributed by atoms with Crippen LogP contribution in [0.15, 0.2) is 23.0 Å². The van der Waals surface area contributed by atoms with E-state index in [2.05, 4.69) is 16.4 Å². The summed E-state index contributed by atoms with van der Waals surface area (Å²) in [5, 5.41) is 4.13. The second-order valence-electron chi connectivity index (χ2n) is 6.72. The molecule has 1 heterocycles. The Bertz CT molecular complexity index is 786. The molecule has 2 aromatic rings. The smallest absolute Gasteiger partial charge is 0.251 e. The van der Waals surface area contributed by atoms with E-state index in [1.807, 2.05) is 26.0 Å². The first-order chi connectivity index (χ1) is 11.0. The number of carbonyl (C=O) groups is 1. The van der Waals surface area contributed by atoms with Crippen molar-refractivity contribution in [1.82, 2.24) is 10.3 Å². The van der Waals surface area contributed by atoms with Crippen LogP contribution >= 0.6 is 0 Å². The van der Waals surface area contributed by atoms with Gasteiger partial charge in [-0.15, -0.1) is 0 Å². The molecule has 0 spiro atoms. The molecule has 1 fully saturated rings. The second kappa shape index (κ2) is 6.57. The zero-order valence-electron chi connectivity index (χ0n) is 13.9. The molecule has 3 rings (SSSR count). The number of benzene rings is 1. The minimum atomic E-state index is -0.0869. The molecule has 1 aromatic heterocycles. The monoisotopic (exact) mass is 312 g/mol. The number of pyridine rings is 1. The van der Waals surface area contributed by atoms with Crippen molar-refractivity contribution in [2.24, 2.45) is 0 Å². The van der Waals surface area contributed by atoms with Gasteiger partial charge in [0.25, 0.3) is 5.56 Å². The number of fused-ring (bicyclic) bond motifs is 1. The van der Waals surface area contributed by atoms with Crippen molar-refractivity contribution in [3.05, 3.63) is 45.2 Å². The molecule has 0 atom stereocenters. The Kier molecular flexibility index (Phi) is 4.51. The summed E-state index contributed by atoms with van der Waals surface area (Å²) in [6, 6.07) is 6.37. The van der Waals surface area contributed by atoms with Crippen molar-refractivity contribution in [2.45, 2.75) is 58.4 Å². The Morgan fingerprint density at radius 1 is 1.22 bits per heavy atom. The van der Waals surface area contributed by atoms with E-state index in [9.17, 15) is 9.59 Å². The van der Waals surface area contributed by atoms with Crippen LogP contribution in [0.3, 0.4) is 0 Å². The lowest BCUT2D eigenvalue weighted by Gasteiger charge is -2.12. The zero-order valence-corrected chi connectivity index (χ0v) is 13.9. The van der Waals surface area contributed by atoms with Crippen molar-refractivity contribution in [3.63, 3.8) is 0 Å². The molecule has 1 saturated carbocycles. The third-order valence-electron chi connectivity index (χ3n) is 4.73. The van der Waals surface area contributed by atoms with Gasteiger partial charge in [-0.05, 0) is 56.4 Å². The molecule has 0 bridgehead atoms. The molecule has 1 aromatic carbocycles. The third kappa shape index (κ3) is 3.63. The van der Waals surface area contributed by atoms with Crippen molar-refractivity contribution in [2.75, 3.05) is 0 Å². The number of nitrogens with one attached hydrogen (secondary N) is 2. The highest BCUT2D eigenvalue weighted by atomic mass is 16.1. The van der Waals surface area contributed by atoms with Gasteiger partial charge >= 0.3 is 0 Å². The Hall–Kier alpha value is -2.10. The Morgan fingerprint density at radius 2 is 1.96 bits per heavy atom. The quantitative estimate of drug-likeness (QED) is 0.911. The van der Waals surface area contributed by atoms with Gasteiger partial charge in [0, 0.05) is 28.9 Å². The van der Waals surface area contributed by atoms with Crippen LogP contribution in [0.4, 0.5) is 0 Å². The highest BCUT2D eigenvalue weighted by Crippen LogP contribution is 2.19. The van der Waals surface area contributed by atoms with E-state index in [1.165, 1.54) is 12.8 Å². The maximum atomic E-state index is 12.2. The summed E-state index contributed by atoms with van der Waals surface area (Å²) in [4.78, 5) is 27.2. The van der Waals surface area contributed by atoms with E-state index >= 15 is 0 Å². The zero-order chi connectivity index (χ0) is 16.4. The molecule has 4 heteroatoms. The van der Waals surface area contributed by atoms with Crippen molar-refractivity contribution in [3.8, 4) is 0 Å². The standard InChI is InChI=1S/C19H24N2O2/c1-12-9-13(2)16-11-14(19(23)21-17(16)10-12)7-8-18(22)20-15-5-3-4-6-15/h9-11,15H,3-8H2,1-2H3,(H,20,22)(H,21,23). The molecule has 122 valence electrons. The molecule has 0 radical (unpaired) electrons. The summed E-state index contributed by atoms with van der Waals surface area (Å²) in [6.07, 6.45) is 5.43. The van der Waals surface area contributed by atoms with E-state index in [0.29, 0.717) is 24.4 Å². The number of H-pyrrole nitrogens is 1. The molecule has 1 aliphatic carbocycles. The highest BCUT2D eigenvalue weighted by molar-refractivity contribution is 5.83. The molecule has 1 aliphatic rings. The Balaban J connectivity index is 1.73. The van der Waals surface area contributed by atoms with E-state index in [-0.39, 0.29) is 11.5 Å². The fraction of sp³-hybridized carbons (Fsp3) is 0.474. The summed E-state index contributed by atoms with van der Waals surface area (Å²) in [6.45, 7) is 4.07. The first kappa shape index (κ1) is 15.8. The summed E-state index contributed by atoms with van der Waals surface area (Å²) < 4.78 is 0. The topological polar surface area (TPSA) is 62.0 Å². The molecule has 1 amide bonds. The lowest BCUT2D eigenvalue weighted by Crippen LogP contribution is -2.33. The van der Waals surface area contributed by atoms with Crippen molar-refractivity contribution < 1.29 is 4.79 Å². The van der Waals surface area contributed by atoms with Crippen LogP contribution in [0.1, 0.15) is 48.8 Å². The van der Waals surface area contributed by atoms with Gasteiger partial charge in [0.1, 0.15) is 0 Å². The van der Waals surface area contributed by atoms with Crippen LogP contribution in [0, 0.1) is 13.8 Å². The summed E-state index contributed by atoms with van der Waals surface area (Å²) in [5.74, 6) is 0.0528. The number of aromatic amines is 1. The number of carbonyl (C=O) groups excluding carboxylic acids is 1. The van der Waals surface area contributed by atoms with Crippen LogP contribution in [-0.2, 0) is 11.2 Å². The predicted octanol–water partition coefficient (Wildman–Crippen LogP) is 3.14. The molecule has 4 nitrogen and oxygen atoms in total. The Morgan fingerprint density at radius 3 is 2.70 bits per heavy atom. The Labute approximate surface area is 136 Å². The van der Waals surface area contributed by atoms with Gasteiger partial charge < -0.3 is 10.3 Å². The van der Waals surface area contributed by atoms with Gasteiger partial charge in [-0.25, -0.2) is 0 Å². The maximum Gasteiger partial charge on any atom is 0.251 e. The minimum Gasteiger partial charge on any atom is -0.353 e. The molecule has 2 N–H and O–H groups in total. The fourth-order valence-electron chi connectivity index (χ4n) is 3.52. The van der Waals surface area contributed by atoms with E-state index in [4.69, 9.17) is 0 Å². The normalized spacial score (nSPS) is 15.2. The number of aryl methyl sites for hydroxylation is 3. The molecule has 0 saturated heterocycles.